The van der Waals surface area contributed by atoms with Gasteiger partial charge in [0.2, 0.25) is 11.8 Å². The first kappa shape index (κ1) is 18.0. The third-order valence-corrected chi connectivity index (χ3v) is 4.23. The summed E-state index contributed by atoms with van der Waals surface area (Å²) < 4.78 is 0. The fourth-order valence-electron chi connectivity index (χ4n) is 2.75. The van der Waals surface area contributed by atoms with Crippen LogP contribution in [-0.2, 0) is 9.59 Å². The Bertz CT molecular complexity index is 628. The molecule has 2 rings (SSSR count). The molecule has 1 fully saturated rings. The van der Waals surface area contributed by atoms with Gasteiger partial charge in [0.15, 0.2) is 0 Å². The highest BCUT2D eigenvalue weighted by Crippen LogP contribution is 2.10. The fraction of sp³-hybridized carbons (Fsp3) is 0.500. The average Bonchev–Trinajstić information content (AvgIpc) is 2.54. The third kappa shape index (κ3) is 4.34. The summed E-state index contributed by atoms with van der Waals surface area (Å²) in [6.45, 7) is 6.22. The minimum absolute atomic E-state index is 0.0929. The van der Waals surface area contributed by atoms with Crippen LogP contribution in [0, 0.1) is 12.8 Å². The minimum Gasteiger partial charge on any atom is -0.354 e. The van der Waals surface area contributed by atoms with Gasteiger partial charge in [-0.3, -0.25) is 14.4 Å². The van der Waals surface area contributed by atoms with Crippen LogP contribution in [0.4, 0.5) is 0 Å². The Labute approximate surface area is 142 Å². The molecule has 24 heavy (non-hydrogen) atoms. The molecular formula is C18H25N3O3. The Hall–Kier alpha value is -2.37. The second-order valence-electron chi connectivity index (χ2n) is 6.50. The molecule has 0 radical (unpaired) electrons. The van der Waals surface area contributed by atoms with Gasteiger partial charge in [-0.25, -0.2) is 0 Å². The van der Waals surface area contributed by atoms with Crippen molar-refractivity contribution in [1.82, 2.24) is 16.0 Å². The number of rotatable bonds is 5. The van der Waals surface area contributed by atoms with E-state index in [1.54, 1.807) is 12.1 Å². The van der Waals surface area contributed by atoms with Crippen LogP contribution >= 0.6 is 0 Å². The van der Waals surface area contributed by atoms with Gasteiger partial charge in [0.25, 0.3) is 5.91 Å². The first-order chi connectivity index (χ1) is 11.4. The Morgan fingerprint density at radius 3 is 2.58 bits per heavy atom. The molecule has 1 aromatic rings. The van der Waals surface area contributed by atoms with E-state index in [1.807, 2.05) is 32.9 Å². The number of carbonyl (C=O) groups excluding carboxylic acids is 3. The van der Waals surface area contributed by atoms with Crippen LogP contribution in [0.3, 0.4) is 0 Å². The smallest absolute Gasteiger partial charge is 0.252 e. The van der Waals surface area contributed by atoms with E-state index in [-0.39, 0.29) is 23.6 Å². The van der Waals surface area contributed by atoms with Gasteiger partial charge in [-0.15, -0.1) is 0 Å². The van der Waals surface area contributed by atoms with Crippen LogP contribution in [0.1, 0.15) is 42.6 Å². The van der Waals surface area contributed by atoms with Gasteiger partial charge in [-0.2, -0.15) is 0 Å². The molecule has 0 aromatic heterocycles. The molecule has 1 saturated heterocycles. The second kappa shape index (κ2) is 7.95. The number of hydrogen-bond acceptors (Lipinski definition) is 3. The lowest BCUT2D eigenvalue weighted by atomic mass is 10.00. The van der Waals surface area contributed by atoms with Crippen molar-refractivity contribution < 1.29 is 14.4 Å². The number of benzene rings is 1. The van der Waals surface area contributed by atoms with Gasteiger partial charge < -0.3 is 16.0 Å². The maximum atomic E-state index is 12.5. The van der Waals surface area contributed by atoms with E-state index in [1.165, 1.54) is 0 Å². The molecule has 6 nitrogen and oxygen atoms in total. The monoisotopic (exact) mass is 331 g/mol. The van der Waals surface area contributed by atoms with Crippen LogP contribution in [0.25, 0.3) is 0 Å². The van der Waals surface area contributed by atoms with Crippen molar-refractivity contribution >= 4 is 17.7 Å². The van der Waals surface area contributed by atoms with Crippen molar-refractivity contribution in [1.29, 1.82) is 0 Å². The van der Waals surface area contributed by atoms with E-state index in [4.69, 9.17) is 0 Å². The lowest BCUT2D eigenvalue weighted by Gasteiger charge is -2.27. The molecule has 2 atom stereocenters. The normalized spacial score (nSPS) is 18.7. The van der Waals surface area contributed by atoms with E-state index in [9.17, 15) is 14.4 Å². The molecule has 3 amide bonds. The van der Waals surface area contributed by atoms with E-state index in [0.717, 1.165) is 12.0 Å². The molecule has 1 aromatic carbocycles. The van der Waals surface area contributed by atoms with Gasteiger partial charge in [0.1, 0.15) is 12.1 Å². The molecule has 0 spiro atoms. The predicted molar refractivity (Wildman–Crippen MR) is 91.4 cm³/mol. The summed E-state index contributed by atoms with van der Waals surface area (Å²) >= 11 is 0. The summed E-state index contributed by atoms with van der Waals surface area (Å²) in [7, 11) is 0. The van der Waals surface area contributed by atoms with Gasteiger partial charge in [-0.05, 0) is 37.3 Å². The van der Waals surface area contributed by atoms with Crippen LogP contribution in [-0.4, -0.2) is 36.3 Å². The summed E-state index contributed by atoms with van der Waals surface area (Å²) in [5.74, 6) is -0.865. The number of carbonyl (C=O) groups is 3. The molecule has 1 aliphatic heterocycles. The zero-order valence-electron chi connectivity index (χ0n) is 14.4. The summed E-state index contributed by atoms with van der Waals surface area (Å²) in [5.41, 5.74) is 1.40. The van der Waals surface area contributed by atoms with E-state index in [2.05, 4.69) is 16.0 Å². The lowest BCUT2D eigenvalue weighted by Crippen LogP contribution is -2.56. The molecule has 130 valence electrons. The van der Waals surface area contributed by atoms with E-state index in [0.29, 0.717) is 18.5 Å². The number of aryl methyl sites for hydroxylation is 1. The molecule has 6 heteroatoms. The van der Waals surface area contributed by atoms with Crippen LogP contribution < -0.4 is 16.0 Å². The zero-order chi connectivity index (χ0) is 17.7. The van der Waals surface area contributed by atoms with E-state index < -0.39 is 12.1 Å². The molecule has 0 aliphatic carbocycles. The standard InChI is InChI=1S/C18H25N3O3/c1-11(2)15(18(24)20-14-9-6-10-19-17(14)23)21-16(22)13-8-5-4-7-12(13)3/h4-5,7-8,11,14-15H,6,9-10H2,1-3H3,(H,19,23)(H,20,24)(H,21,22)/t14-,15+/m0/s1. The van der Waals surface area contributed by atoms with Gasteiger partial charge >= 0.3 is 0 Å². The van der Waals surface area contributed by atoms with Gasteiger partial charge in [0.05, 0.1) is 0 Å². The lowest BCUT2D eigenvalue weighted by molar-refractivity contribution is -0.131. The van der Waals surface area contributed by atoms with Crippen LogP contribution in [0.5, 0.6) is 0 Å². The number of piperidine rings is 1. The fourth-order valence-corrected chi connectivity index (χ4v) is 2.75. The number of hydrogen-bond donors (Lipinski definition) is 3. The molecule has 3 N–H and O–H groups in total. The highest BCUT2D eigenvalue weighted by molar-refractivity contribution is 5.99. The van der Waals surface area contributed by atoms with Crippen molar-refractivity contribution in [3.8, 4) is 0 Å². The quantitative estimate of drug-likeness (QED) is 0.756. The van der Waals surface area contributed by atoms with Crippen LogP contribution in [0.15, 0.2) is 24.3 Å². The van der Waals surface area contributed by atoms with Crippen molar-refractivity contribution in [3.05, 3.63) is 35.4 Å². The summed E-state index contributed by atoms with van der Waals surface area (Å²) in [4.78, 5) is 36.8. The van der Waals surface area contributed by atoms with Crippen molar-refractivity contribution in [2.45, 2.75) is 45.7 Å². The van der Waals surface area contributed by atoms with Crippen LogP contribution in [0.2, 0.25) is 0 Å². The maximum absolute atomic E-state index is 12.5. The Morgan fingerprint density at radius 2 is 1.96 bits per heavy atom. The summed E-state index contributed by atoms with van der Waals surface area (Å²) in [6.07, 6.45) is 1.45. The predicted octanol–water partition coefficient (Wildman–Crippen LogP) is 1.14. The first-order valence-corrected chi connectivity index (χ1v) is 8.34. The van der Waals surface area contributed by atoms with E-state index >= 15 is 0 Å². The summed E-state index contributed by atoms with van der Waals surface area (Å²) in [5, 5.41) is 8.29. The highest BCUT2D eigenvalue weighted by atomic mass is 16.2. The maximum Gasteiger partial charge on any atom is 0.252 e. The second-order valence-corrected chi connectivity index (χ2v) is 6.50. The molecule has 0 saturated carbocycles. The molecule has 0 bridgehead atoms. The topological polar surface area (TPSA) is 87.3 Å². The van der Waals surface area contributed by atoms with Gasteiger partial charge in [-0.1, -0.05) is 32.0 Å². The Balaban J connectivity index is 2.06. The van der Waals surface area contributed by atoms with Crippen molar-refractivity contribution in [2.24, 2.45) is 5.92 Å². The molecule has 1 aliphatic rings. The molecule has 1 heterocycles. The average molecular weight is 331 g/mol. The first-order valence-electron chi connectivity index (χ1n) is 8.34. The van der Waals surface area contributed by atoms with Crippen molar-refractivity contribution in [2.75, 3.05) is 6.54 Å². The van der Waals surface area contributed by atoms with Gasteiger partial charge in [0, 0.05) is 12.1 Å². The summed E-state index contributed by atoms with van der Waals surface area (Å²) in [6, 6.07) is 6.02. The Kier molecular flexibility index (Phi) is 5.95. The highest BCUT2D eigenvalue weighted by Gasteiger charge is 2.30. The number of nitrogens with one attached hydrogen (secondary N) is 3. The zero-order valence-corrected chi connectivity index (χ0v) is 14.4. The Morgan fingerprint density at radius 1 is 1.25 bits per heavy atom. The molecule has 0 unspecified atom stereocenters. The van der Waals surface area contributed by atoms with Crippen molar-refractivity contribution in [3.63, 3.8) is 0 Å². The number of amides is 3. The largest absolute Gasteiger partial charge is 0.354 e. The third-order valence-electron chi connectivity index (χ3n) is 4.23. The SMILES string of the molecule is Cc1ccccc1C(=O)N[C@@H](C(=O)N[C@H]1CCCNC1=O)C(C)C. The molecular weight excluding hydrogens is 306 g/mol. The minimum atomic E-state index is -0.688.